The van der Waals surface area contributed by atoms with Crippen LogP contribution in [0.4, 0.5) is 4.79 Å². The SMILES string of the molecule is CNC(=O)NC(=O)COc1ccc(Br)cc1C=O. The molecule has 0 radical (unpaired) electrons. The van der Waals surface area contributed by atoms with Gasteiger partial charge in [-0.1, -0.05) is 15.9 Å². The maximum Gasteiger partial charge on any atom is 0.321 e. The predicted octanol–water partition coefficient (Wildman–Crippen LogP) is 1.10. The summed E-state index contributed by atoms with van der Waals surface area (Å²) in [5.41, 5.74) is 0.317. The molecule has 96 valence electrons. The molecule has 0 aliphatic rings. The molecule has 0 saturated carbocycles. The number of imide groups is 1. The Kier molecular flexibility index (Phi) is 5.31. The zero-order chi connectivity index (χ0) is 13.5. The molecule has 1 aromatic carbocycles. The molecule has 0 aliphatic carbocycles. The van der Waals surface area contributed by atoms with Gasteiger partial charge in [0.05, 0.1) is 5.56 Å². The van der Waals surface area contributed by atoms with Gasteiger partial charge in [0.15, 0.2) is 12.9 Å². The van der Waals surface area contributed by atoms with Gasteiger partial charge >= 0.3 is 6.03 Å². The minimum atomic E-state index is -0.616. The van der Waals surface area contributed by atoms with Crippen molar-refractivity contribution in [3.8, 4) is 5.75 Å². The number of carbonyl (C=O) groups is 3. The summed E-state index contributed by atoms with van der Waals surface area (Å²) >= 11 is 3.21. The van der Waals surface area contributed by atoms with E-state index in [-0.39, 0.29) is 12.4 Å². The van der Waals surface area contributed by atoms with E-state index in [1.165, 1.54) is 7.05 Å². The van der Waals surface area contributed by atoms with E-state index in [4.69, 9.17) is 4.74 Å². The maximum absolute atomic E-state index is 11.3. The van der Waals surface area contributed by atoms with Crippen molar-refractivity contribution in [3.63, 3.8) is 0 Å². The molecular formula is C11H11BrN2O4. The van der Waals surface area contributed by atoms with Crippen molar-refractivity contribution in [2.75, 3.05) is 13.7 Å². The molecule has 0 bridgehead atoms. The lowest BCUT2D eigenvalue weighted by atomic mass is 10.2. The Hall–Kier alpha value is -1.89. The third-order valence-electron chi connectivity index (χ3n) is 1.94. The van der Waals surface area contributed by atoms with E-state index in [9.17, 15) is 14.4 Å². The summed E-state index contributed by atoms with van der Waals surface area (Å²) in [6.45, 7) is -0.351. The average molecular weight is 315 g/mol. The Bertz CT molecular complexity index is 476. The van der Waals surface area contributed by atoms with Crippen LogP contribution in [0.1, 0.15) is 10.4 Å². The quantitative estimate of drug-likeness (QED) is 0.815. The van der Waals surface area contributed by atoms with E-state index in [0.717, 1.165) is 4.47 Å². The van der Waals surface area contributed by atoms with E-state index in [0.29, 0.717) is 11.8 Å². The van der Waals surface area contributed by atoms with Crippen LogP contribution in [0.5, 0.6) is 5.75 Å². The van der Waals surface area contributed by atoms with Crippen LogP contribution < -0.4 is 15.4 Å². The lowest BCUT2D eigenvalue weighted by molar-refractivity contribution is -0.122. The molecule has 0 aromatic heterocycles. The Balaban J connectivity index is 2.61. The fraction of sp³-hybridized carbons (Fsp3) is 0.182. The van der Waals surface area contributed by atoms with Crippen LogP contribution in [-0.2, 0) is 4.79 Å². The highest BCUT2D eigenvalue weighted by Gasteiger charge is 2.09. The molecule has 3 amide bonds. The molecule has 1 aromatic rings. The van der Waals surface area contributed by atoms with Crippen LogP contribution in [0.3, 0.4) is 0 Å². The fourth-order valence-corrected chi connectivity index (χ4v) is 1.49. The normalized spacial score (nSPS) is 9.44. The van der Waals surface area contributed by atoms with Gasteiger partial charge < -0.3 is 10.1 Å². The van der Waals surface area contributed by atoms with Gasteiger partial charge in [0.1, 0.15) is 5.75 Å². The summed E-state index contributed by atoms with van der Waals surface area (Å²) in [5.74, 6) is -0.325. The van der Waals surface area contributed by atoms with E-state index in [2.05, 4.69) is 21.2 Å². The molecule has 7 heteroatoms. The van der Waals surface area contributed by atoms with Gasteiger partial charge in [-0.2, -0.15) is 0 Å². The van der Waals surface area contributed by atoms with Gasteiger partial charge in [0.2, 0.25) is 0 Å². The van der Waals surface area contributed by atoms with Crippen LogP contribution in [0.2, 0.25) is 0 Å². The second-order valence-corrected chi connectivity index (χ2v) is 4.13. The monoisotopic (exact) mass is 314 g/mol. The zero-order valence-corrected chi connectivity index (χ0v) is 11.1. The third kappa shape index (κ3) is 4.17. The topological polar surface area (TPSA) is 84.5 Å². The Labute approximate surface area is 112 Å². The van der Waals surface area contributed by atoms with E-state index >= 15 is 0 Å². The Morgan fingerprint density at radius 3 is 2.78 bits per heavy atom. The van der Waals surface area contributed by atoms with Crippen molar-refractivity contribution < 1.29 is 19.1 Å². The molecule has 0 heterocycles. The van der Waals surface area contributed by atoms with Crippen molar-refractivity contribution in [3.05, 3.63) is 28.2 Å². The molecule has 18 heavy (non-hydrogen) atoms. The van der Waals surface area contributed by atoms with Gasteiger partial charge in [-0.15, -0.1) is 0 Å². The van der Waals surface area contributed by atoms with Crippen LogP contribution in [-0.4, -0.2) is 31.9 Å². The minimum absolute atomic E-state index is 0.278. The average Bonchev–Trinajstić information content (AvgIpc) is 2.36. The molecule has 0 unspecified atom stereocenters. The third-order valence-corrected chi connectivity index (χ3v) is 2.43. The second kappa shape index (κ2) is 6.75. The first-order chi connectivity index (χ1) is 8.56. The van der Waals surface area contributed by atoms with Gasteiger partial charge in [0.25, 0.3) is 5.91 Å². The number of rotatable bonds is 4. The lowest BCUT2D eigenvalue weighted by Crippen LogP contribution is -2.40. The summed E-state index contributed by atoms with van der Waals surface area (Å²) in [7, 11) is 1.39. The molecule has 0 fully saturated rings. The highest BCUT2D eigenvalue weighted by Crippen LogP contribution is 2.21. The number of hydrogen-bond donors (Lipinski definition) is 2. The largest absolute Gasteiger partial charge is 0.483 e. The number of amides is 3. The number of urea groups is 1. The van der Waals surface area contributed by atoms with Crippen LogP contribution in [0.25, 0.3) is 0 Å². The second-order valence-electron chi connectivity index (χ2n) is 3.22. The number of aldehydes is 1. The lowest BCUT2D eigenvalue weighted by Gasteiger charge is -2.08. The highest BCUT2D eigenvalue weighted by molar-refractivity contribution is 9.10. The van der Waals surface area contributed by atoms with Gasteiger partial charge in [-0.25, -0.2) is 4.79 Å². The Morgan fingerprint density at radius 2 is 2.17 bits per heavy atom. The smallest absolute Gasteiger partial charge is 0.321 e. The first-order valence-corrected chi connectivity index (χ1v) is 5.75. The van der Waals surface area contributed by atoms with Gasteiger partial charge in [-0.3, -0.25) is 14.9 Å². The minimum Gasteiger partial charge on any atom is -0.483 e. The maximum atomic E-state index is 11.3. The van der Waals surface area contributed by atoms with E-state index in [1.807, 2.05) is 5.32 Å². The summed E-state index contributed by atoms with van der Waals surface area (Å²) in [6.07, 6.45) is 0.622. The molecule has 0 aliphatic heterocycles. The first kappa shape index (κ1) is 14.2. The molecule has 0 saturated heterocycles. The van der Waals surface area contributed by atoms with Crippen molar-refractivity contribution in [1.29, 1.82) is 0 Å². The van der Waals surface area contributed by atoms with E-state index in [1.54, 1.807) is 18.2 Å². The molecule has 6 nitrogen and oxygen atoms in total. The number of nitrogens with one attached hydrogen (secondary N) is 2. The molecular weight excluding hydrogens is 304 g/mol. The predicted molar refractivity (Wildman–Crippen MR) is 67.6 cm³/mol. The number of benzene rings is 1. The summed E-state index contributed by atoms with van der Waals surface area (Å²) in [6, 6.07) is 4.19. The summed E-state index contributed by atoms with van der Waals surface area (Å²) in [4.78, 5) is 32.9. The van der Waals surface area contributed by atoms with Crippen LogP contribution in [0, 0.1) is 0 Å². The zero-order valence-electron chi connectivity index (χ0n) is 9.53. The highest BCUT2D eigenvalue weighted by atomic mass is 79.9. The molecule has 1 rings (SSSR count). The van der Waals surface area contributed by atoms with Crippen molar-refractivity contribution in [1.82, 2.24) is 10.6 Å². The van der Waals surface area contributed by atoms with Crippen molar-refractivity contribution in [2.45, 2.75) is 0 Å². The number of ether oxygens (including phenoxy) is 1. The number of hydrogen-bond acceptors (Lipinski definition) is 4. The van der Waals surface area contributed by atoms with Crippen LogP contribution >= 0.6 is 15.9 Å². The van der Waals surface area contributed by atoms with Gasteiger partial charge in [-0.05, 0) is 18.2 Å². The standard InChI is InChI=1S/C11H11BrN2O4/c1-13-11(17)14-10(16)6-18-9-3-2-8(12)4-7(9)5-15/h2-5H,6H2,1H3,(H2,13,14,16,17). The van der Waals surface area contributed by atoms with Gasteiger partial charge in [0, 0.05) is 11.5 Å². The van der Waals surface area contributed by atoms with Crippen molar-refractivity contribution >= 4 is 34.2 Å². The van der Waals surface area contributed by atoms with E-state index < -0.39 is 11.9 Å². The fourth-order valence-electron chi connectivity index (χ4n) is 1.11. The molecule has 0 atom stereocenters. The summed E-state index contributed by atoms with van der Waals surface area (Å²) < 4.78 is 5.87. The first-order valence-electron chi connectivity index (χ1n) is 4.96. The molecule has 0 spiro atoms. The molecule has 2 N–H and O–H groups in total. The Morgan fingerprint density at radius 1 is 1.44 bits per heavy atom. The number of carbonyl (C=O) groups excluding carboxylic acids is 3. The summed E-state index contributed by atoms with van der Waals surface area (Å²) in [5, 5.41) is 4.27. The van der Waals surface area contributed by atoms with Crippen molar-refractivity contribution in [2.24, 2.45) is 0 Å². The van der Waals surface area contributed by atoms with Crippen LogP contribution in [0.15, 0.2) is 22.7 Å². The number of halogens is 1.